The van der Waals surface area contributed by atoms with Crippen molar-refractivity contribution < 1.29 is 28.6 Å². The van der Waals surface area contributed by atoms with Gasteiger partial charge in [-0.2, -0.15) is 0 Å². The van der Waals surface area contributed by atoms with E-state index in [0.717, 1.165) is 19.3 Å². The normalized spacial score (nSPS) is 29.2. The van der Waals surface area contributed by atoms with Crippen LogP contribution in [0.4, 0.5) is 14.9 Å². The van der Waals surface area contributed by atoms with Crippen molar-refractivity contribution in [3.05, 3.63) is 30.1 Å². The first-order valence-corrected chi connectivity index (χ1v) is 11.0. The number of aliphatic hydroxyl groups is 1. The summed E-state index contributed by atoms with van der Waals surface area (Å²) in [7, 11) is 0. The number of carbonyl (C=O) groups excluding carboxylic acids is 2. The van der Waals surface area contributed by atoms with E-state index in [1.54, 1.807) is 4.90 Å². The van der Waals surface area contributed by atoms with Crippen LogP contribution in [0.5, 0.6) is 0 Å². The number of anilines is 1. The molecule has 0 unspecified atom stereocenters. The molecule has 2 aliphatic heterocycles. The lowest BCUT2D eigenvalue weighted by Gasteiger charge is -2.44. The zero-order valence-electron chi connectivity index (χ0n) is 17.5. The molecule has 1 aromatic rings. The summed E-state index contributed by atoms with van der Waals surface area (Å²) in [6.07, 6.45) is 3.38. The maximum atomic E-state index is 13.2. The summed E-state index contributed by atoms with van der Waals surface area (Å²) in [4.78, 5) is 26.8. The molecule has 1 saturated carbocycles. The first kappa shape index (κ1) is 22.0. The molecule has 3 fully saturated rings. The summed E-state index contributed by atoms with van der Waals surface area (Å²) in [6.45, 7) is 0.437. The van der Waals surface area contributed by atoms with Crippen LogP contribution in [0.1, 0.15) is 38.5 Å². The predicted molar refractivity (Wildman–Crippen MR) is 111 cm³/mol. The monoisotopic (exact) mass is 435 g/mol. The Labute approximate surface area is 181 Å². The molecule has 3 N–H and O–H groups in total. The molecule has 0 aromatic heterocycles. The molecule has 0 radical (unpaired) electrons. The highest BCUT2D eigenvalue weighted by atomic mass is 19.1. The van der Waals surface area contributed by atoms with Gasteiger partial charge >= 0.3 is 6.03 Å². The van der Waals surface area contributed by atoms with Gasteiger partial charge in [0.1, 0.15) is 11.9 Å². The number of amides is 3. The Bertz CT molecular complexity index is 773. The van der Waals surface area contributed by atoms with Crippen molar-refractivity contribution in [2.75, 3.05) is 25.1 Å². The third-order valence-corrected chi connectivity index (χ3v) is 6.22. The van der Waals surface area contributed by atoms with Crippen LogP contribution in [0, 0.1) is 5.82 Å². The molecule has 170 valence electrons. The van der Waals surface area contributed by atoms with E-state index >= 15 is 0 Å². The summed E-state index contributed by atoms with van der Waals surface area (Å²) in [5.41, 5.74) is 0.470. The largest absolute Gasteiger partial charge is 0.389 e. The number of hydrogen-bond donors (Lipinski definition) is 3. The average molecular weight is 435 g/mol. The molecule has 1 aromatic carbocycles. The molecular formula is C22H30FN3O5. The highest BCUT2D eigenvalue weighted by Crippen LogP contribution is 2.28. The van der Waals surface area contributed by atoms with Crippen molar-refractivity contribution in [2.45, 2.75) is 68.9 Å². The van der Waals surface area contributed by atoms with Gasteiger partial charge in [-0.05, 0) is 56.4 Å². The fourth-order valence-corrected chi connectivity index (χ4v) is 4.35. The molecule has 1 aliphatic carbocycles. The molecule has 8 nitrogen and oxygen atoms in total. The Morgan fingerprint density at radius 2 is 1.90 bits per heavy atom. The minimum atomic E-state index is -0.814. The second-order valence-electron chi connectivity index (χ2n) is 8.62. The van der Waals surface area contributed by atoms with Gasteiger partial charge in [-0.1, -0.05) is 0 Å². The zero-order chi connectivity index (χ0) is 21.8. The number of urea groups is 1. The van der Waals surface area contributed by atoms with E-state index in [9.17, 15) is 19.1 Å². The summed E-state index contributed by atoms with van der Waals surface area (Å²) in [6, 6.07) is 5.15. The smallest absolute Gasteiger partial charge is 0.322 e. The molecular weight excluding hydrogens is 405 g/mol. The summed E-state index contributed by atoms with van der Waals surface area (Å²) in [5, 5.41) is 16.0. The van der Waals surface area contributed by atoms with Crippen molar-refractivity contribution in [3.8, 4) is 0 Å². The number of hydrogen-bond acceptors (Lipinski definition) is 5. The first-order chi connectivity index (χ1) is 15.0. The second kappa shape index (κ2) is 9.93. The Morgan fingerprint density at radius 1 is 1.13 bits per heavy atom. The van der Waals surface area contributed by atoms with Crippen molar-refractivity contribution in [1.29, 1.82) is 0 Å². The van der Waals surface area contributed by atoms with Gasteiger partial charge in [0.2, 0.25) is 5.91 Å². The summed E-state index contributed by atoms with van der Waals surface area (Å²) in [5.74, 6) is -0.383. The van der Waals surface area contributed by atoms with E-state index in [0.29, 0.717) is 31.0 Å². The van der Waals surface area contributed by atoms with Crippen LogP contribution in [-0.2, 0) is 14.3 Å². The van der Waals surface area contributed by atoms with Gasteiger partial charge in [0.05, 0.1) is 44.4 Å². The predicted octanol–water partition coefficient (Wildman–Crippen LogP) is 2.03. The number of nitrogens with zero attached hydrogens (tertiary/aromatic N) is 1. The van der Waals surface area contributed by atoms with E-state index in [4.69, 9.17) is 9.47 Å². The molecule has 4 atom stereocenters. The van der Waals surface area contributed by atoms with Crippen LogP contribution >= 0.6 is 0 Å². The minimum Gasteiger partial charge on any atom is -0.389 e. The van der Waals surface area contributed by atoms with Gasteiger partial charge in [0.25, 0.3) is 0 Å². The lowest BCUT2D eigenvalue weighted by Crippen LogP contribution is -2.58. The van der Waals surface area contributed by atoms with Crippen LogP contribution in [-0.4, -0.2) is 72.1 Å². The number of rotatable bonds is 4. The maximum absolute atomic E-state index is 13.2. The van der Waals surface area contributed by atoms with E-state index in [1.807, 2.05) is 0 Å². The molecule has 0 spiro atoms. The van der Waals surface area contributed by atoms with Crippen molar-refractivity contribution in [2.24, 2.45) is 0 Å². The van der Waals surface area contributed by atoms with Crippen LogP contribution < -0.4 is 10.6 Å². The van der Waals surface area contributed by atoms with Crippen molar-refractivity contribution >= 4 is 17.6 Å². The van der Waals surface area contributed by atoms with Gasteiger partial charge < -0.3 is 30.1 Å². The van der Waals surface area contributed by atoms with Crippen LogP contribution in [0.25, 0.3) is 0 Å². The molecule has 31 heavy (non-hydrogen) atoms. The van der Waals surface area contributed by atoms with Gasteiger partial charge in [0, 0.05) is 11.7 Å². The number of ether oxygens (including phenoxy) is 2. The quantitative estimate of drug-likeness (QED) is 0.672. The van der Waals surface area contributed by atoms with Gasteiger partial charge in [-0.3, -0.25) is 4.79 Å². The van der Waals surface area contributed by atoms with Gasteiger partial charge in [-0.25, -0.2) is 9.18 Å². The second-order valence-corrected chi connectivity index (χ2v) is 8.62. The zero-order valence-corrected chi connectivity index (χ0v) is 17.5. The molecule has 0 bridgehead atoms. The van der Waals surface area contributed by atoms with Crippen LogP contribution in [0.15, 0.2) is 24.3 Å². The fourth-order valence-electron chi connectivity index (χ4n) is 4.35. The number of nitrogens with one attached hydrogen (secondary N) is 2. The SMILES string of the molecule is O=C(C[C@@H]1CC[C@H]2[C@@H](COC[C@@H](O)CN2C(=O)Nc2ccc(F)cc2)O1)NC1CCC1. The molecule has 3 aliphatic rings. The first-order valence-electron chi connectivity index (χ1n) is 11.0. The highest BCUT2D eigenvalue weighted by Gasteiger charge is 2.40. The Kier molecular flexibility index (Phi) is 7.04. The van der Waals surface area contributed by atoms with Crippen LogP contribution in [0.3, 0.4) is 0 Å². The van der Waals surface area contributed by atoms with Crippen molar-refractivity contribution in [3.63, 3.8) is 0 Å². The van der Waals surface area contributed by atoms with E-state index in [1.165, 1.54) is 24.3 Å². The number of β-amino-alcohol motifs (C(OH)–C–C–N with tert-alkyl or cyclic N) is 1. The molecule has 3 amide bonds. The summed E-state index contributed by atoms with van der Waals surface area (Å²) < 4.78 is 24.9. The Hall–Kier alpha value is -2.23. The number of halogens is 1. The maximum Gasteiger partial charge on any atom is 0.322 e. The topological polar surface area (TPSA) is 100 Å². The fraction of sp³-hybridized carbons (Fsp3) is 0.636. The third-order valence-electron chi connectivity index (χ3n) is 6.22. The molecule has 4 rings (SSSR count). The Morgan fingerprint density at radius 3 is 2.61 bits per heavy atom. The standard InChI is InChI=1S/C22H30FN3O5/c23-14-4-6-16(7-5-14)25-22(29)26-11-17(27)12-30-13-20-19(26)9-8-18(31-20)10-21(28)24-15-2-1-3-15/h4-7,15,17-20,27H,1-3,8-13H2,(H,24,28)(H,25,29)/t17-,18-,19-,20+/m0/s1. The molecule has 2 saturated heterocycles. The number of fused-ring (bicyclic) bond motifs is 1. The summed E-state index contributed by atoms with van der Waals surface area (Å²) >= 11 is 0. The molecule has 9 heteroatoms. The number of benzene rings is 1. The number of carbonyl (C=O) groups is 2. The lowest BCUT2D eigenvalue weighted by molar-refractivity contribution is -0.150. The molecule has 2 heterocycles. The van der Waals surface area contributed by atoms with E-state index in [-0.39, 0.29) is 55.8 Å². The van der Waals surface area contributed by atoms with Crippen LogP contribution in [0.2, 0.25) is 0 Å². The lowest BCUT2D eigenvalue weighted by atomic mass is 9.92. The third kappa shape index (κ3) is 5.72. The van der Waals surface area contributed by atoms with Crippen molar-refractivity contribution in [1.82, 2.24) is 10.2 Å². The average Bonchev–Trinajstić information content (AvgIpc) is 2.70. The van der Waals surface area contributed by atoms with Gasteiger partial charge in [0.15, 0.2) is 0 Å². The van der Waals surface area contributed by atoms with E-state index < -0.39 is 6.10 Å². The number of aliphatic hydroxyl groups excluding tert-OH is 1. The Balaban J connectivity index is 1.39. The minimum absolute atomic E-state index is 0.00115. The van der Waals surface area contributed by atoms with E-state index in [2.05, 4.69) is 10.6 Å². The highest BCUT2D eigenvalue weighted by molar-refractivity contribution is 5.89. The van der Waals surface area contributed by atoms with Gasteiger partial charge in [-0.15, -0.1) is 0 Å².